The van der Waals surface area contributed by atoms with E-state index in [2.05, 4.69) is 5.32 Å². The molecule has 26 heavy (non-hydrogen) atoms. The van der Waals surface area contributed by atoms with Crippen LogP contribution in [0.2, 0.25) is 5.02 Å². The SMILES string of the molecule is Cc1cc(Cl)cc(B(O)O)c1NCC1CCN(C(=O)OC(C)(C)C)CC1. The van der Waals surface area contributed by atoms with Crippen LogP contribution in [-0.4, -0.2) is 53.4 Å². The van der Waals surface area contributed by atoms with E-state index in [1.165, 1.54) is 0 Å². The maximum Gasteiger partial charge on any atom is 0.490 e. The van der Waals surface area contributed by atoms with Crippen molar-refractivity contribution in [2.75, 3.05) is 25.0 Å². The van der Waals surface area contributed by atoms with Crippen LogP contribution in [0.25, 0.3) is 0 Å². The number of hydrogen-bond acceptors (Lipinski definition) is 5. The van der Waals surface area contributed by atoms with Gasteiger partial charge in [-0.3, -0.25) is 0 Å². The number of nitrogens with one attached hydrogen (secondary N) is 1. The molecule has 1 aromatic rings. The number of carbonyl (C=O) groups excluding carboxylic acids is 1. The third kappa shape index (κ3) is 5.79. The molecule has 1 aliphatic heterocycles. The molecule has 1 amide bonds. The van der Waals surface area contributed by atoms with E-state index in [1.807, 2.05) is 27.7 Å². The zero-order valence-electron chi connectivity index (χ0n) is 15.9. The Balaban J connectivity index is 1.90. The fourth-order valence-corrected chi connectivity index (χ4v) is 3.39. The zero-order chi connectivity index (χ0) is 19.5. The van der Waals surface area contributed by atoms with Gasteiger partial charge in [0.1, 0.15) is 5.60 Å². The molecular formula is C18H28BClN2O4. The molecule has 3 N–H and O–H groups in total. The van der Waals surface area contributed by atoms with Gasteiger partial charge >= 0.3 is 13.2 Å². The van der Waals surface area contributed by atoms with Gasteiger partial charge < -0.3 is 25.0 Å². The number of amides is 1. The largest absolute Gasteiger partial charge is 0.490 e. The summed E-state index contributed by atoms with van der Waals surface area (Å²) in [5, 5.41) is 23.0. The smallest absolute Gasteiger partial charge is 0.444 e. The number of anilines is 1. The van der Waals surface area contributed by atoms with Crippen LogP contribution in [0, 0.1) is 12.8 Å². The van der Waals surface area contributed by atoms with Gasteiger partial charge in [-0.2, -0.15) is 0 Å². The second kappa shape index (κ2) is 8.50. The Labute approximate surface area is 160 Å². The third-order valence-corrected chi connectivity index (χ3v) is 4.66. The lowest BCUT2D eigenvalue weighted by molar-refractivity contribution is 0.0188. The molecule has 0 aromatic heterocycles. The molecule has 8 heteroatoms. The Hall–Kier alpha value is -1.44. The van der Waals surface area contributed by atoms with Gasteiger partial charge in [0.25, 0.3) is 0 Å². The number of likely N-dealkylation sites (tertiary alicyclic amines) is 1. The number of ether oxygens (including phenoxy) is 1. The van der Waals surface area contributed by atoms with Crippen molar-refractivity contribution in [3.8, 4) is 0 Å². The summed E-state index contributed by atoms with van der Waals surface area (Å²) >= 11 is 6.01. The van der Waals surface area contributed by atoms with Gasteiger partial charge in [0.15, 0.2) is 0 Å². The van der Waals surface area contributed by atoms with Crippen molar-refractivity contribution in [1.82, 2.24) is 4.90 Å². The monoisotopic (exact) mass is 382 g/mol. The second-order valence-corrected chi connectivity index (χ2v) is 8.29. The van der Waals surface area contributed by atoms with Gasteiger partial charge in [0.05, 0.1) is 0 Å². The van der Waals surface area contributed by atoms with Crippen LogP contribution < -0.4 is 10.8 Å². The Morgan fingerprint density at radius 3 is 2.50 bits per heavy atom. The molecule has 1 aliphatic rings. The molecular weight excluding hydrogens is 354 g/mol. The fraction of sp³-hybridized carbons (Fsp3) is 0.611. The summed E-state index contributed by atoms with van der Waals surface area (Å²) < 4.78 is 5.41. The second-order valence-electron chi connectivity index (χ2n) is 7.85. The van der Waals surface area contributed by atoms with E-state index < -0.39 is 12.7 Å². The van der Waals surface area contributed by atoms with Crippen molar-refractivity contribution in [2.24, 2.45) is 5.92 Å². The van der Waals surface area contributed by atoms with Crippen LogP contribution >= 0.6 is 11.6 Å². The van der Waals surface area contributed by atoms with Crippen LogP contribution in [-0.2, 0) is 4.74 Å². The molecule has 1 aromatic carbocycles. The minimum Gasteiger partial charge on any atom is -0.444 e. The maximum absolute atomic E-state index is 12.1. The molecule has 144 valence electrons. The van der Waals surface area contributed by atoms with Crippen molar-refractivity contribution < 1.29 is 19.6 Å². The summed E-state index contributed by atoms with van der Waals surface area (Å²) in [5.74, 6) is 0.396. The molecule has 2 rings (SSSR count). The van der Waals surface area contributed by atoms with Crippen molar-refractivity contribution in [1.29, 1.82) is 0 Å². The Morgan fingerprint density at radius 2 is 1.96 bits per heavy atom. The van der Waals surface area contributed by atoms with Crippen molar-refractivity contribution in [3.63, 3.8) is 0 Å². The summed E-state index contributed by atoms with van der Waals surface area (Å²) in [6.45, 7) is 9.50. The third-order valence-electron chi connectivity index (χ3n) is 4.44. The highest BCUT2D eigenvalue weighted by Gasteiger charge is 2.27. The summed E-state index contributed by atoms with van der Waals surface area (Å²) in [4.78, 5) is 13.9. The van der Waals surface area contributed by atoms with Crippen molar-refractivity contribution in [2.45, 2.75) is 46.1 Å². The van der Waals surface area contributed by atoms with Crippen LogP contribution in [0.5, 0.6) is 0 Å². The first-order chi connectivity index (χ1) is 12.1. The minimum absolute atomic E-state index is 0.261. The Bertz CT molecular complexity index is 641. The number of benzene rings is 1. The first-order valence-electron chi connectivity index (χ1n) is 8.95. The van der Waals surface area contributed by atoms with Gasteiger partial charge in [-0.1, -0.05) is 11.6 Å². The van der Waals surface area contributed by atoms with Gasteiger partial charge in [-0.05, 0) is 64.2 Å². The highest BCUT2D eigenvalue weighted by Crippen LogP contribution is 2.22. The van der Waals surface area contributed by atoms with Gasteiger partial charge in [0, 0.05) is 35.8 Å². The number of halogens is 1. The fourth-order valence-electron chi connectivity index (χ4n) is 3.11. The number of rotatable bonds is 4. The lowest BCUT2D eigenvalue weighted by Gasteiger charge is -2.33. The summed E-state index contributed by atoms with van der Waals surface area (Å²) in [6.07, 6.45) is 1.48. The molecule has 0 spiro atoms. The van der Waals surface area contributed by atoms with Crippen LogP contribution in [0.1, 0.15) is 39.2 Å². The topological polar surface area (TPSA) is 82.0 Å². The van der Waals surface area contributed by atoms with E-state index in [-0.39, 0.29) is 6.09 Å². The molecule has 1 fully saturated rings. The molecule has 0 radical (unpaired) electrons. The number of aryl methyl sites for hydroxylation is 1. The minimum atomic E-state index is -1.58. The molecule has 0 unspecified atom stereocenters. The van der Waals surface area contributed by atoms with Crippen LogP contribution in [0.4, 0.5) is 10.5 Å². The van der Waals surface area contributed by atoms with Crippen molar-refractivity contribution >= 4 is 36.0 Å². The molecule has 1 heterocycles. The maximum atomic E-state index is 12.1. The highest BCUT2D eigenvalue weighted by molar-refractivity contribution is 6.61. The Morgan fingerprint density at radius 1 is 1.35 bits per heavy atom. The van der Waals surface area contributed by atoms with Crippen molar-refractivity contribution in [3.05, 3.63) is 22.7 Å². The number of carbonyl (C=O) groups is 1. The van der Waals surface area contributed by atoms with Gasteiger partial charge in [-0.25, -0.2) is 4.79 Å². The predicted molar refractivity (Wildman–Crippen MR) is 105 cm³/mol. The first kappa shape index (κ1) is 20.9. The normalized spacial score (nSPS) is 15.7. The zero-order valence-corrected chi connectivity index (χ0v) is 16.6. The van der Waals surface area contributed by atoms with E-state index >= 15 is 0 Å². The molecule has 0 bridgehead atoms. The van der Waals surface area contributed by atoms with Gasteiger partial charge in [0.2, 0.25) is 0 Å². The number of piperidine rings is 1. The number of nitrogens with zero attached hydrogens (tertiary/aromatic N) is 1. The highest BCUT2D eigenvalue weighted by atomic mass is 35.5. The number of hydrogen-bond donors (Lipinski definition) is 3. The molecule has 6 nitrogen and oxygen atoms in total. The Kier molecular flexibility index (Phi) is 6.83. The lowest BCUT2D eigenvalue weighted by Crippen LogP contribution is -2.43. The van der Waals surface area contributed by atoms with E-state index in [1.54, 1.807) is 17.0 Å². The van der Waals surface area contributed by atoms with Gasteiger partial charge in [-0.15, -0.1) is 0 Å². The molecule has 0 aliphatic carbocycles. The summed E-state index contributed by atoms with van der Waals surface area (Å²) in [5.41, 5.74) is 1.47. The predicted octanol–water partition coefficient (Wildman–Crippen LogP) is 2.39. The van der Waals surface area contributed by atoms with E-state index in [9.17, 15) is 14.8 Å². The standard InChI is InChI=1S/C18H28BClN2O4/c1-12-9-14(20)10-15(19(24)25)16(12)21-11-13-5-7-22(8-6-13)17(23)26-18(2,3)4/h9-10,13,21,24-25H,5-8,11H2,1-4H3. The molecule has 0 atom stereocenters. The quantitative estimate of drug-likeness (QED) is 0.697. The first-order valence-corrected chi connectivity index (χ1v) is 9.32. The summed E-state index contributed by atoms with van der Waals surface area (Å²) in [6, 6.07) is 3.35. The van der Waals surface area contributed by atoms with Crippen LogP contribution in [0.3, 0.4) is 0 Å². The van der Waals surface area contributed by atoms with E-state index in [0.717, 1.165) is 18.4 Å². The van der Waals surface area contributed by atoms with Crippen LogP contribution in [0.15, 0.2) is 12.1 Å². The van der Waals surface area contributed by atoms with E-state index in [4.69, 9.17) is 16.3 Å². The average molecular weight is 383 g/mol. The molecule has 0 saturated carbocycles. The summed E-state index contributed by atoms with van der Waals surface area (Å²) in [7, 11) is -1.58. The average Bonchev–Trinajstić information content (AvgIpc) is 2.52. The van der Waals surface area contributed by atoms with E-state index in [0.29, 0.717) is 41.7 Å². The lowest BCUT2D eigenvalue weighted by atomic mass is 9.78. The molecule has 1 saturated heterocycles.